The first-order valence-corrected chi connectivity index (χ1v) is 10.5. The zero-order chi connectivity index (χ0) is 20.7. The number of rotatable bonds is 4. The molecule has 30 heavy (non-hydrogen) atoms. The summed E-state index contributed by atoms with van der Waals surface area (Å²) in [6.07, 6.45) is 1.43. The van der Waals surface area contributed by atoms with Crippen LogP contribution in [0.1, 0.15) is 18.2 Å². The third kappa shape index (κ3) is 3.30. The van der Waals surface area contributed by atoms with Crippen LogP contribution in [-0.4, -0.2) is 19.9 Å². The molecule has 0 amide bonds. The zero-order valence-electron chi connectivity index (χ0n) is 16.0. The van der Waals surface area contributed by atoms with Gasteiger partial charge in [0.2, 0.25) is 0 Å². The Morgan fingerprint density at radius 1 is 1.17 bits per heavy atom. The summed E-state index contributed by atoms with van der Waals surface area (Å²) in [5, 5.41) is 5.41. The van der Waals surface area contributed by atoms with Crippen molar-refractivity contribution in [1.29, 1.82) is 0 Å². The number of benzene rings is 2. The standard InChI is InChI=1S/C22H16N4O2S2/c1-14(18-11-16-9-5-6-10-17(16)28-18)24-26-13-23-20-19(21(26)27)30-22(29)25(20)12-15-7-3-2-4-8-15/h2-11,13H,12H2,1H3/b24-14+. The van der Waals surface area contributed by atoms with E-state index in [1.165, 1.54) is 22.3 Å². The number of hydrogen-bond acceptors (Lipinski definition) is 6. The first-order chi connectivity index (χ1) is 14.6. The minimum Gasteiger partial charge on any atom is -0.455 e. The van der Waals surface area contributed by atoms with Crippen molar-refractivity contribution in [3.63, 3.8) is 0 Å². The van der Waals surface area contributed by atoms with Crippen molar-refractivity contribution >= 4 is 50.6 Å². The van der Waals surface area contributed by atoms with Crippen LogP contribution in [0.4, 0.5) is 0 Å². The molecule has 0 bridgehead atoms. The lowest BCUT2D eigenvalue weighted by molar-refractivity contribution is 0.602. The number of para-hydroxylation sites is 1. The largest absolute Gasteiger partial charge is 0.455 e. The van der Waals surface area contributed by atoms with E-state index in [1.807, 2.05) is 65.2 Å². The van der Waals surface area contributed by atoms with Crippen LogP contribution in [0, 0.1) is 3.95 Å². The quantitative estimate of drug-likeness (QED) is 0.294. The molecular weight excluding hydrogens is 416 g/mol. The Balaban J connectivity index is 1.56. The van der Waals surface area contributed by atoms with Gasteiger partial charge in [-0.2, -0.15) is 9.78 Å². The van der Waals surface area contributed by atoms with Crippen molar-refractivity contribution in [2.45, 2.75) is 13.5 Å². The van der Waals surface area contributed by atoms with Gasteiger partial charge in [-0.05, 0) is 36.8 Å². The summed E-state index contributed by atoms with van der Waals surface area (Å²) < 4.78 is 10.0. The average Bonchev–Trinajstić information content (AvgIpc) is 3.33. The second-order valence-electron chi connectivity index (χ2n) is 6.82. The van der Waals surface area contributed by atoms with Gasteiger partial charge in [0, 0.05) is 5.39 Å². The second-order valence-corrected chi connectivity index (χ2v) is 8.46. The normalized spacial score (nSPS) is 12.1. The molecule has 0 atom stereocenters. The molecule has 6 nitrogen and oxygen atoms in total. The SMILES string of the molecule is C/C(=N\n1cnc2c(sc(=S)n2Cc2ccccc2)c1=O)c1cc2ccccc2o1. The highest BCUT2D eigenvalue weighted by molar-refractivity contribution is 7.73. The molecule has 0 radical (unpaired) electrons. The van der Waals surface area contributed by atoms with Crippen LogP contribution in [0.15, 0.2) is 81.3 Å². The molecule has 0 fully saturated rings. The molecular formula is C22H16N4O2S2. The maximum atomic E-state index is 13.0. The Kier molecular flexibility index (Phi) is 4.65. The van der Waals surface area contributed by atoms with Gasteiger partial charge in [-0.15, -0.1) is 0 Å². The van der Waals surface area contributed by atoms with E-state index in [2.05, 4.69) is 10.1 Å². The molecule has 5 aromatic rings. The molecule has 148 valence electrons. The van der Waals surface area contributed by atoms with Crippen LogP contribution < -0.4 is 5.56 Å². The predicted molar refractivity (Wildman–Crippen MR) is 122 cm³/mol. The number of thiazole rings is 1. The smallest absolute Gasteiger partial charge is 0.293 e. The molecule has 0 aliphatic heterocycles. The fraction of sp³-hybridized carbons (Fsp3) is 0.0909. The molecule has 3 aromatic heterocycles. The topological polar surface area (TPSA) is 65.3 Å². The van der Waals surface area contributed by atoms with Gasteiger partial charge in [0.1, 0.15) is 22.3 Å². The highest BCUT2D eigenvalue weighted by atomic mass is 32.1. The molecule has 0 saturated heterocycles. The van der Waals surface area contributed by atoms with Gasteiger partial charge in [0.15, 0.2) is 15.4 Å². The van der Waals surface area contributed by atoms with E-state index in [0.29, 0.717) is 32.3 Å². The molecule has 2 aromatic carbocycles. The second kappa shape index (κ2) is 7.47. The lowest BCUT2D eigenvalue weighted by Crippen LogP contribution is -2.18. The van der Waals surface area contributed by atoms with Gasteiger partial charge in [-0.25, -0.2) is 4.98 Å². The molecule has 0 saturated carbocycles. The number of furan rings is 1. The van der Waals surface area contributed by atoms with Crippen molar-refractivity contribution < 1.29 is 4.42 Å². The van der Waals surface area contributed by atoms with Crippen molar-refractivity contribution in [1.82, 2.24) is 14.2 Å². The first kappa shape index (κ1) is 18.7. The summed E-state index contributed by atoms with van der Waals surface area (Å²) in [6.45, 7) is 2.37. The van der Waals surface area contributed by atoms with Crippen LogP contribution in [0.2, 0.25) is 0 Å². The van der Waals surface area contributed by atoms with E-state index in [-0.39, 0.29) is 5.56 Å². The minimum absolute atomic E-state index is 0.252. The Hall–Kier alpha value is -3.36. The van der Waals surface area contributed by atoms with Gasteiger partial charge >= 0.3 is 0 Å². The Morgan fingerprint density at radius 3 is 2.73 bits per heavy atom. The summed E-state index contributed by atoms with van der Waals surface area (Å²) in [7, 11) is 0. The molecule has 0 spiro atoms. The zero-order valence-corrected chi connectivity index (χ0v) is 17.6. The molecule has 0 N–H and O–H groups in total. The molecule has 3 heterocycles. The van der Waals surface area contributed by atoms with Crippen LogP contribution in [0.5, 0.6) is 0 Å². The molecule has 0 aliphatic carbocycles. The Morgan fingerprint density at radius 2 is 1.93 bits per heavy atom. The Bertz CT molecular complexity index is 1490. The minimum atomic E-state index is -0.252. The van der Waals surface area contributed by atoms with E-state index in [0.717, 1.165) is 16.5 Å². The van der Waals surface area contributed by atoms with Gasteiger partial charge in [0.25, 0.3) is 5.56 Å². The molecule has 0 aliphatic rings. The molecule has 0 unspecified atom stereocenters. The summed E-state index contributed by atoms with van der Waals surface area (Å²) in [6, 6.07) is 19.6. The van der Waals surface area contributed by atoms with Crippen LogP contribution >= 0.6 is 23.6 Å². The highest BCUT2D eigenvalue weighted by Crippen LogP contribution is 2.21. The number of nitrogens with zero attached hydrogens (tertiary/aromatic N) is 4. The summed E-state index contributed by atoms with van der Waals surface area (Å²) in [5.41, 5.74) is 2.78. The van der Waals surface area contributed by atoms with Crippen molar-refractivity contribution in [2.24, 2.45) is 5.10 Å². The van der Waals surface area contributed by atoms with Crippen LogP contribution in [0.3, 0.4) is 0 Å². The lowest BCUT2D eigenvalue weighted by Gasteiger charge is -2.05. The summed E-state index contributed by atoms with van der Waals surface area (Å²) in [4.78, 5) is 17.5. The lowest BCUT2D eigenvalue weighted by atomic mass is 10.2. The molecule has 8 heteroatoms. The monoisotopic (exact) mass is 432 g/mol. The van der Waals surface area contributed by atoms with E-state index < -0.39 is 0 Å². The van der Waals surface area contributed by atoms with Gasteiger partial charge in [-0.1, -0.05) is 59.9 Å². The third-order valence-corrected chi connectivity index (χ3v) is 6.21. The Labute approximate surface area is 180 Å². The van der Waals surface area contributed by atoms with Crippen molar-refractivity contribution in [3.05, 3.63) is 92.6 Å². The number of fused-ring (bicyclic) bond motifs is 2. The first-order valence-electron chi connectivity index (χ1n) is 9.29. The van der Waals surface area contributed by atoms with Gasteiger partial charge < -0.3 is 8.98 Å². The van der Waals surface area contributed by atoms with Crippen LogP contribution in [-0.2, 0) is 6.54 Å². The number of hydrogen-bond donors (Lipinski definition) is 0. The third-order valence-electron chi connectivity index (χ3n) is 4.78. The van der Waals surface area contributed by atoms with E-state index in [1.54, 1.807) is 6.92 Å². The van der Waals surface area contributed by atoms with Crippen LogP contribution in [0.25, 0.3) is 21.3 Å². The maximum absolute atomic E-state index is 13.0. The summed E-state index contributed by atoms with van der Waals surface area (Å²) in [5.74, 6) is 0.609. The van der Waals surface area contributed by atoms with Gasteiger partial charge in [0.05, 0.1) is 6.54 Å². The predicted octanol–water partition coefficient (Wildman–Crippen LogP) is 5.06. The highest BCUT2D eigenvalue weighted by Gasteiger charge is 2.13. The maximum Gasteiger partial charge on any atom is 0.293 e. The fourth-order valence-electron chi connectivity index (χ4n) is 3.28. The summed E-state index contributed by atoms with van der Waals surface area (Å²) >= 11 is 6.75. The van der Waals surface area contributed by atoms with Crippen molar-refractivity contribution in [2.75, 3.05) is 0 Å². The van der Waals surface area contributed by atoms with Gasteiger partial charge in [-0.3, -0.25) is 4.79 Å². The van der Waals surface area contributed by atoms with Crippen molar-refractivity contribution in [3.8, 4) is 0 Å². The number of aromatic nitrogens is 3. The average molecular weight is 433 g/mol. The van der Waals surface area contributed by atoms with E-state index >= 15 is 0 Å². The van der Waals surface area contributed by atoms with E-state index in [9.17, 15) is 4.79 Å². The molecule has 5 rings (SSSR count). The fourth-order valence-corrected chi connectivity index (χ4v) is 4.55. The van der Waals surface area contributed by atoms with E-state index in [4.69, 9.17) is 16.6 Å².